The zero-order valence-electron chi connectivity index (χ0n) is 16.2. The lowest BCUT2D eigenvalue weighted by Gasteiger charge is -2.49. The Kier molecular flexibility index (Phi) is 5.84. The maximum absolute atomic E-state index is 11.9. The summed E-state index contributed by atoms with van der Waals surface area (Å²) in [6.07, 6.45) is 0.736. The highest BCUT2D eigenvalue weighted by Gasteiger charge is 2.45. The summed E-state index contributed by atoms with van der Waals surface area (Å²) in [5.41, 5.74) is 8.86. The third-order valence-corrected chi connectivity index (χ3v) is 6.88. The molecule has 1 aliphatic rings. The van der Waals surface area contributed by atoms with Gasteiger partial charge in [0.1, 0.15) is 0 Å². The maximum atomic E-state index is 11.9. The molecule has 1 saturated heterocycles. The molecular weight excluding hydrogens is 424 g/mol. The van der Waals surface area contributed by atoms with E-state index in [-0.39, 0.29) is 16.7 Å². The van der Waals surface area contributed by atoms with Crippen LogP contribution in [0.4, 0.5) is 0 Å². The van der Waals surface area contributed by atoms with Gasteiger partial charge in [0, 0.05) is 17.9 Å². The summed E-state index contributed by atoms with van der Waals surface area (Å²) in [6, 6.07) is 31.9. The van der Waals surface area contributed by atoms with E-state index in [1.54, 1.807) is 0 Å². The van der Waals surface area contributed by atoms with Gasteiger partial charge in [0.15, 0.2) is 0 Å². The zero-order valence-corrected chi connectivity index (χ0v) is 17.8. The number of primary amides is 1. The van der Waals surface area contributed by atoms with E-state index in [2.05, 4.69) is 112 Å². The van der Waals surface area contributed by atoms with E-state index in [9.17, 15) is 4.79 Å². The number of carbonyl (C=O) groups excluding carboxylic acids is 1. The molecule has 148 valence electrons. The lowest BCUT2D eigenvalue weighted by molar-refractivity contribution is -0.123. The minimum absolute atomic E-state index is 0.0178. The maximum Gasteiger partial charge on any atom is 0.221 e. The lowest BCUT2D eigenvalue weighted by Crippen LogP contribution is -2.55. The summed E-state index contributed by atoms with van der Waals surface area (Å²) >= 11 is 3.76. The molecule has 0 spiro atoms. The molecule has 4 rings (SSSR count). The molecule has 2 unspecified atom stereocenters. The molecule has 0 aromatic heterocycles. The number of alkyl halides is 1. The van der Waals surface area contributed by atoms with E-state index < -0.39 is 5.54 Å². The van der Waals surface area contributed by atoms with E-state index in [0.29, 0.717) is 0 Å². The van der Waals surface area contributed by atoms with Gasteiger partial charge >= 0.3 is 0 Å². The second kappa shape index (κ2) is 8.52. The van der Waals surface area contributed by atoms with E-state index >= 15 is 0 Å². The van der Waals surface area contributed by atoms with Gasteiger partial charge in [0.05, 0.1) is 11.5 Å². The van der Waals surface area contributed by atoms with Gasteiger partial charge < -0.3 is 5.73 Å². The summed E-state index contributed by atoms with van der Waals surface area (Å²) in [4.78, 5) is 14.4. The van der Waals surface area contributed by atoms with Gasteiger partial charge in [-0.1, -0.05) is 107 Å². The van der Waals surface area contributed by atoms with Gasteiger partial charge in [-0.15, -0.1) is 0 Å². The van der Waals surface area contributed by atoms with Gasteiger partial charge in [0.2, 0.25) is 5.91 Å². The van der Waals surface area contributed by atoms with Crippen LogP contribution in [0.5, 0.6) is 0 Å². The zero-order chi connectivity index (χ0) is 20.3. The van der Waals surface area contributed by atoms with Crippen molar-refractivity contribution < 1.29 is 4.79 Å². The van der Waals surface area contributed by atoms with Crippen LogP contribution in [0.3, 0.4) is 0 Å². The van der Waals surface area contributed by atoms with Crippen LogP contribution in [0.2, 0.25) is 0 Å². The number of carbonyl (C=O) groups is 1. The van der Waals surface area contributed by atoms with Crippen molar-refractivity contribution in [2.24, 2.45) is 11.7 Å². The fourth-order valence-electron chi connectivity index (χ4n) is 4.62. The highest BCUT2D eigenvalue weighted by atomic mass is 79.9. The Labute approximate surface area is 180 Å². The highest BCUT2D eigenvalue weighted by molar-refractivity contribution is 9.09. The smallest absolute Gasteiger partial charge is 0.221 e. The molecule has 1 aliphatic heterocycles. The summed E-state index contributed by atoms with van der Waals surface area (Å²) in [7, 11) is 0. The average molecular weight is 449 g/mol. The van der Waals surface area contributed by atoms with Crippen molar-refractivity contribution in [3.63, 3.8) is 0 Å². The number of hydrogen-bond donors (Lipinski definition) is 1. The van der Waals surface area contributed by atoms with Crippen molar-refractivity contribution in [3.05, 3.63) is 108 Å². The summed E-state index contributed by atoms with van der Waals surface area (Å²) in [6.45, 7) is 1.51. The Hall–Kier alpha value is -2.43. The number of nitrogens with zero attached hydrogens (tertiary/aromatic N) is 1. The molecule has 2 atom stereocenters. The molecular formula is C25H25BrN2O. The summed E-state index contributed by atoms with van der Waals surface area (Å²) in [5, 5.41) is 0. The first kappa shape index (κ1) is 19.9. The van der Waals surface area contributed by atoms with Gasteiger partial charge in [-0.05, 0) is 23.1 Å². The van der Waals surface area contributed by atoms with Gasteiger partial charge in [-0.2, -0.15) is 0 Å². The van der Waals surface area contributed by atoms with Gasteiger partial charge in [-0.3, -0.25) is 9.69 Å². The van der Waals surface area contributed by atoms with Crippen LogP contribution in [0.25, 0.3) is 0 Å². The number of hydrogen-bond acceptors (Lipinski definition) is 2. The van der Waals surface area contributed by atoms with Crippen molar-refractivity contribution in [2.45, 2.75) is 16.8 Å². The summed E-state index contributed by atoms with van der Waals surface area (Å²) in [5.74, 6) is -0.373. The SMILES string of the molecule is NC(=O)C1CCN(C(c2ccccc2)(c2ccccc2)c2ccccc2)CC1Br. The van der Waals surface area contributed by atoms with E-state index in [1.807, 2.05) is 0 Å². The molecule has 2 N–H and O–H groups in total. The molecule has 3 nitrogen and oxygen atoms in total. The summed E-state index contributed by atoms with van der Waals surface area (Å²) < 4.78 is 0. The molecule has 1 heterocycles. The Morgan fingerprint density at radius 1 is 0.828 bits per heavy atom. The first-order valence-corrected chi connectivity index (χ1v) is 10.9. The molecule has 29 heavy (non-hydrogen) atoms. The normalized spacial score (nSPS) is 20.3. The largest absolute Gasteiger partial charge is 0.369 e. The van der Waals surface area contributed by atoms with Crippen molar-refractivity contribution >= 4 is 21.8 Å². The number of rotatable bonds is 5. The molecule has 0 saturated carbocycles. The van der Waals surface area contributed by atoms with Crippen LogP contribution >= 0.6 is 15.9 Å². The number of amides is 1. The second-order valence-corrected chi connectivity index (χ2v) is 8.74. The lowest BCUT2D eigenvalue weighted by atomic mass is 9.74. The Bertz CT molecular complexity index is 850. The average Bonchev–Trinajstić information content (AvgIpc) is 2.76. The molecule has 1 fully saturated rings. The van der Waals surface area contributed by atoms with Crippen LogP contribution in [0.15, 0.2) is 91.0 Å². The van der Waals surface area contributed by atoms with Crippen molar-refractivity contribution in [1.29, 1.82) is 0 Å². The first-order valence-electron chi connectivity index (χ1n) is 9.99. The number of nitrogens with two attached hydrogens (primary N) is 1. The molecule has 3 aromatic rings. The van der Waals surface area contributed by atoms with E-state index in [0.717, 1.165) is 19.5 Å². The Morgan fingerprint density at radius 3 is 1.59 bits per heavy atom. The quantitative estimate of drug-likeness (QED) is 0.459. The monoisotopic (exact) mass is 448 g/mol. The minimum atomic E-state index is -0.446. The Morgan fingerprint density at radius 2 is 1.24 bits per heavy atom. The Balaban J connectivity index is 1.93. The standard InChI is InChI=1S/C25H25BrN2O/c26-23-18-28(17-16-22(23)24(27)29)25(19-10-4-1-5-11-19,20-12-6-2-7-13-20)21-14-8-3-9-15-21/h1-15,22-23H,16-18H2,(H2,27,29). The van der Waals surface area contributed by atoms with Crippen LogP contribution in [-0.2, 0) is 10.3 Å². The van der Waals surface area contributed by atoms with Gasteiger partial charge in [-0.25, -0.2) is 0 Å². The topological polar surface area (TPSA) is 46.3 Å². The predicted molar refractivity (Wildman–Crippen MR) is 121 cm³/mol. The predicted octanol–water partition coefficient (Wildman–Crippen LogP) is 4.55. The minimum Gasteiger partial charge on any atom is -0.369 e. The fraction of sp³-hybridized carbons (Fsp3) is 0.240. The third kappa shape index (κ3) is 3.63. The highest BCUT2D eigenvalue weighted by Crippen LogP contribution is 2.44. The van der Waals surface area contributed by atoms with Crippen molar-refractivity contribution in [1.82, 2.24) is 4.90 Å². The molecule has 1 amide bonds. The first-order chi connectivity index (χ1) is 14.1. The number of halogens is 1. The van der Waals surface area contributed by atoms with Crippen LogP contribution in [0.1, 0.15) is 23.1 Å². The van der Waals surface area contributed by atoms with E-state index in [1.165, 1.54) is 16.7 Å². The molecule has 0 bridgehead atoms. The molecule has 0 aliphatic carbocycles. The third-order valence-electron chi connectivity index (χ3n) is 5.96. The van der Waals surface area contributed by atoms with Gasteiger partial charge in [0.25, 0.3) is 0 Å². The molecule has 3 aromatic carbocycles. The van der Waals surface area contributed by atoms with Crippen molar-refractivity contribution in [2.75, 3.05) is 13.1 Å². The molecule has 0 radical (unpaired) electrons. The number of piperidine rings is 1. The number of likely N-dealkylation sites (tertiary alicyclic amines) is 1. The van der Waals surface area contributed by atoms with Crippen LogP contribution in [-0.4, -0.2) is 28.7 Å². The van der Waals surface area contributed by atoms with Crippen LogP contribution in [0, 0.1) is 5.92 Å². The fourth-order valence-corrected chi connectivity index (χ4v) is 5.49. The van der Waals surface area contributed by atoms with E-state index in [4.69, 9.17) is 5.73 Å². The molecule has 4 heteroatoms. The van der Waals surface area contributed by atoms with Crippen molar-refractivity contribution in [3.8, 4) is 0 Å². The van der Waals surface area contributed by atoms with Crippen LogP contribution < -0.4 is 5.73 Å². The second-order valence-electron chi connectivity index (χ2n) is 7.57. The number of benzene rings is 3.